The summed E-state index contributed by atoms with van der Waals surface area (Å²) in [5, 5.41) is 8.84. The van der Waals surface area contributed by atoms with Crippen LogP contribution < -0.4 is 0 Å². The third-order valence-electron chi connectivity index (χ3n) is 1.93. The Labute approximate surface area is 117 Å². The molecular formula is C11H8F3NO2S2. The van der Waals surface area contributed by atoms with Crippen LogP contribution >= 0.6 is 24.4 Å². The monoisotopic (exact) mass is 307 g/mol. The number of thioether (sulfide) groups is 1. The molecule has 0 bridgehead atoms. The van der Waals surface area contributed by atoms with E-state index in [2.05, 4.69) is 12.6 Å². The van der Waals surface area contributed by atoms with Crippen LogP contribution in [0.15, 0.2) is 21.9 Å². The SMILES string of the molecule is CCOC(=O)c1cc(SC(F)(F)F)cc(C#N)c1S. The first-order valence-electron chi connectivity index (χ1n) is 4.98. The molecule has 0 N–H and O–H groups in total. The Morgan fingerprint density at radius 2 is 2.16 bits per heavy atom. The second kappa shape index (κ2) is 6.21. The van der Waals surface area contributed by atoms with Gasteiger partial charge in [0, 0.05) is 9.79 Å². The van der Waals surface area contributed by atoms with Gasteiger partial charge in [-0.2, -0.15) is 18.4 Å². The first kappa shape index (κ1) is 15.7. The second-order valence-corrected chi connectivity index (χ2v) is 4.83. The fraction of sp³-hybridized carbons (Fsp3) is 0.273. The Morgan fingerprint density at radius 1 is 1.53 bits per heavy atom. The van der Waals surface area contributed by atoms with E-state index in [4.69, 9.17) is 10.00 Å². The van der Waals surface area contributed by atoms with E-state index in [1.54, 1.807) is 13.0 Å². The first-order chi connectivity index (χ1) is 8.78. The van der Waals surface area contributed by atoms with Crippen LogP contribution in [0, 0.1) is 11.3 Å². The van der Waals surface area contributed by atoms with Gasteiger partial charge in [0.2, 0.25) is 0 Å². The molecule has 0 unspecified atom stereocenters. The van der Waals surface area contributed by atoms with Crippen molar-refractivity contribution in [3.63, 3.8) is 0 Å². The van der Waals surface area contributed by atoms with Crippen LogP contribution in [-0.2, 0) is 4.74 Å². The number of thiol groups is 1. The van der Waals surface area contributed by atoms with Crippen LogP contribution in [0.2, 0.25) is 0 Å². The highest BCUT2D eigenvalue weighted by Gasteiger charge is 2.30. The van der Waals surface area contributed by atoms with Crippen molar-refractivity contribution >= 4 is 30.4 Å². The van der Waals surface area contributed by atoms with Crippen molar-refractivity contribution < 1.29 is 22.7 Å². The maximum absolute atomic E-state index is 12.3. The van der Waals surface area contributed by atoms with E-state index in [1.807, 2.05) is 0 Å². The lowest BCUT2D eigenvalue weighted by atomic mass is 10.1. The zero-order valence-corrected chi connectivity index (χ0v) is 11.3. The highest BCUT2D eigenvalue weighted by Crippen LogP contribution is 2.38. The first-order valence-corrected chi connectivity index (χ1v) is 6.24. The number of nitrogens with zero attached hydrogens (tertiary/aromatic N) is 1. The number of carbonyl (C=O) groups is 1. The van der Waals surface area contributed by atoms with Gasteiger partial charge in [0.15, 0.2) is 0 Å². The maximum Gasteiger partial charge on any atom is 0.446 e. The average Bonchev–Trinajstić information content (AvgIpc) is 2.29. The van der Waals surface area contributed by atoms with E-state index in [-0.39, 0.29) is 27.5 Å². The lowest BCUT2D eigenvalue weighted by Gasteiger charge is -2.10. The predicted octanol–water partition coefficient (Wildman–Crippen LogP) is 3.64. The molecule has 0 aliphatic carbocycles. The van der Waals surface area contributed by atoms with Gasteiger partial charge in [-0.3, -0.25) is 0 Å². The van der Waals surface area contributed by atoms with Crippen LogP contribution in [0.1, 0.15) is 22.8 Å². The topological polar surface area (TPSA) is 50.1 Å². The van der Waals surface area contributed by atoms with Crippen LogP contribution in [-0.4, -0.2) is 18.1 Å². The summed E-state index contributed by atoms with van der Waals surface area (Å²) in [4.78, 5) is 11.3. The second-order valence-electron chi connectivity index (χ2n) is 3.25. The summed E-state index contributed by atoms with van der Waals surface area (Å²) in [6, 6.07) is 3.74. The minimum absolute atomic E-state index is 0.00692. The maximum atomic E-state index is 12.3. The molecule has 0 atom stereocenters. The van der Waals surface area contributed by atoms with Crippen molar-refractivity contribution in [3.8, 4) is 6.07 Å². The number of ether oxygens (including phenoxy) is 1. The number of hydrogen-bond acceptors (Lipinski definition) is 5. The molecule has 0 saturated carbocycles. The zero-order chi connectivity index (χ0) is 14.6. The van der Waals surface area contributed by atoms with E-state index in [1.165, 1.54) is 0 Å². The number of rotatable bonds is 3. The van der Waals surface area contributed by atoms with E-state index >= 15 is 0 Å². The summed E-state index contributed by atoms with van der Waals surface area (Å²) in [6.07, 6.45) is 0. The fourth-order valence-electron chi connectivity index (χ4n) is 1.25. The normalized spacial score (nSPS) is 10.9. The lowest BCUT2D eigenvalue weighted by Crippen LogP contribution is -2.08. The molecule has 0 saturated heterocycles. The highest BCUT2D eigenvalue weighted by molar-refractivity contribution is 8.00. The van der Waals surface area contributed by atoms with Gasteiger partial charge in [-0.05, 0) is 30.8 Å². The summed E-state index contributed by atoms with van der Waals surface area (Å²) < 4.78 is 41.6. The minimum Gasteiger partial charge on any atom is -0.462 e. The number of nitriles is 1. The molecule has 0 radical (unpaired) electrons. The summed E-state index contributed by atoms with van der Waals surface area (Å²) in [7, 11) is 0. The van der Waals surface area contributed by atoms with Crippen molar-refractivity contribution in [2.24, 2.45) is 0 Å². The van der Waals surface area contributed by atoms with E-state index in [9.17, 15) is 18.0 Å². The molecule has 0 heterocycles. The molecule has 19 heavy (non-hydrogen) atoms. The zero-order valence-electron chi connectivity index (χ0n) is 9.61. The Balaban J connectivity index is 3.27. The molecule has 1 aromatic carbocycles. The molecule has 1 aromatic rings. The van der Waals surface area contributed by atoms with E-state index < -0.39 is 23.2 Å². The molecular weight excluding hydrogens is 299 g/mol. The van der Waals surface area contributed by atoms with E-state index in [0.29, 0.717) is 0 Å². The lowest BCUT2D eigenvalue weighted by molar-refractivity contribution is -0.0328. The van der Waals surface area contributed by atoms with Crippen LogP contribution in [0.5, 0.6) is 0 Å². The largest absolute Gasteiger partial charge is 0.462 e. The highest BCUT2D eigenvalue weighted by atomic mass is 32.2. The smallest absolute Gasteiger partial charge is 0.446 e. The predicted molar refractivity (Wildman–Crippen MR) is 66.3 cm³/mol. The van der Waals surface area contributed by atoms with Gasteiger partial charge in [-0.25, -0.2) is 4.79 Å². The molecule has 0 aliphatic rings. The number of hydrogen-bond donors (Lipinski definition) is 1. The average molecular weight is 307 g/mol. The molecule has 0 amide bonds. The van der Waals surface area contributed by atoms with Gasteiger partial charge in [0.1, 0.15) is 6.07 Å². The molecule has 0 aromatic heterocycles. The number of alkyl halides is 3. The third kappa shape index (κ3) is 4.36. The van der Waals surface area contributed by atoms with Crippen LogP contribution in [0.3, 0.4) is 0 Å². The van der Waals surface area contributed by atoms with Gasteiger partial charge < -0.3 is 4.74 Å². The van der Waals surface area contributed by atoms with Gasteiger partial charge in [0.25, 0.3) is 0 Å². The molecule has 0 aliphatic heterocycles. The fourth-order valence-corrected chi connectivity index (χ4v) is 2.14. The standard InChI is InChI=1S/C11H8F3NO2S2/c1-2-17-10(16)8-4-7(19-11(12,13)14)3-6(5-15)9(8)18/h3-4,18H,2H2,1H3. The van der Waals surface area contributed by atoms with Crippen LogP contribution in [0.4, 0.5) is 13.2 Å². The van der Waals surface area contributed by atoms with Gasteiger partial charge >= 0.3 is 11.5 Å². The summed E-state index contributed by atoms with van der Waals surface area (Å²) in [5.41, 5.74) is -4.77. The molecule has 0 fully saturated rings. The molecule has 102 valence electrons. The number of halogens is 3. The van der Waals surface area contributed by atoms with Crippen molar-refractivity contribution in [1.29, 1.82) is 5.26 Å². The van der Waals surface area contributed by atoms with Crippen LogP contribution in [0.25, 0.3) is 0 Å². The van der Waals surface area contributed by atoms with Gasteiger partial charge in [-0.1, -0.05) is 0 Å². The quantitative estimate of drug-likeness (QED) is 0.526. The van der Waals surface area contributed by atoms with Crippen molar-refractivity contribution in [1.82, 2.24) is 0 Å². The molecule has 3 nitrogen and oxygen atoms in total. The Kier molecular flexibility index (Phi) is 5.14. The third-order valence-corrected chi connectivity index (χ3v) is 3.12. The van der Waals surface area contributed by atoms with Gasteiger partial charge in [0.05, 0.1) is 17.7 Å². The summed E-state index contributed by atoms with van der Waals surface area (Å²) in [6.45, 7) is 1.64. The number of esters is 1. The van der Waals surface area contributed by atoms with Crippen molar-refractivity contribution in [2.45, 2.75) is 22.2 Å². The molecule has 1 rings (SSSR count). The number of benzene rings is 1. The van der Waals surface area contributed by atoms with E-state index in [0.717, 1.165) is 12.1 Å². The van der Waals surface area contributed by atoms with Gasteiger partial charge in [-0.15, -0.1) is 12.6 Å². The minimum atomic E-state index is -4.50. The summed E-state index contributed by atoms with van der Waals surface area (Å²) in [5.74, 6) is -0.811. The number of carbonyl (C=O) groups excluding carboxylic acids is 1. The Morgan fingerprint density at radius 3 is 2.63 bits per heavy atom. The summed E-state index contributed by atoms with van der Waals surface area (Å²) >= 11 is 3.56. The molecule has 0 spiro atoms. The molecule has 8 heteroatoms. The van der Waals surface area contributed by atoms with Crippen molar-refractivity contribution in [3.05, 3.63) is 23.3 Å². The Hall–Kier alpha value is -1.33. The Bertz CT molecular complexity index is 538. The van der Waals surface area contributed by atoms with Crippen molar-refractivity contribution in [2.75, 3.05) is 6.61 Å².